The van der Waals surface area contributed by atoms with Crippen LogP contribution in [0, 0.1) is 0 Å². The van der Waals surface area contributed by atoms with E-state index in [-0.39, 0.29) is 12.0 Å². The molecule has 0 spiro atoms. The van der Waals surface area contributed by atoms with Crippen molar-refractivity contribution in [3.05, 3.63) is 56.3 Å². The van der Waals surface area contributed by atoms with E-state index in [4.69, 9.17) is 9.72 Å². The smallest absolute Gasteiger partial charge is 0.338 e. The topological polar surface area (TPSA) is 56.1 Å². The first-order chi connectivity index (χ1) is 12.1. The number of fused-ring (bicyclic) bond motifs is 3. The third-order valence-corrected chi connectivity index (χ3v) is 5.44. The Labute approximate surface area is 157 Å². The standard InChI is InChI=1S/C18H16BrN3O2S/c1-3-24-17(23)15-10(2)20-18-21-13-8-12(19)4-5-14(13)22(18)16(15)11-6-7-25-9-11/h4-9,16H,3H2,1-2H3,(H,20,21). The van der Waals surface area contributed by atoms with Crippen LogP contribution in [0.25, 0.3) is 11.0 Å². The van der Waals surface area contributed by atoms with E-state index < -0.39 is 0 Å². The molecule has 25 heavy (non-hydrogen) atoms. The molecule has 0 aliphatic carbocycles. The summed E-state index contributed by atoms with van der Waals surface area (Å²) in [4.78, 5) is 17.4. The first-order valence-electron chi connectivity index (χ1n) is 7.94. The van der Waals surface area contributed by atoms with Gasteiger partial charge in [-0.15, -0.1) is 0 Å². The molecule has 3 heterocycles. The van der Waals surface area contributed by atoms with E-state index in [9.17, 15) is 4.79 Å². The minimum Gasteiger partial charge on any atom is -0.463 e. The maximum absolute atomic E-state index is 12.7. The third-order valence-electron chi connectivity index (χ3n) is 4.24. The number of hydrogen-bond donors (Lipinski definition) is 1. The summed E-state index contributed by atoms with van der Waals surface area (Å²) in [5.74, 6) is 0.433. The number of hydrogen-bond acceptors (Lipinski definition) is 5. The van der Waals surface area contributed by atoms with Crippen LogP contribution < -0.4 is 5.32 Å². The normalized spacial score (nSPS) is 16.7. The van der Waals surface area contributed by atoms with Crippen LogP contribution in [-0.2, 0) is 9.53 Å². The Bertz CT molecular complexity index is 991. The monoisotopic (exact) mass is 417 g/mol. The van der Waals surface area contributed by atoms with E-state index in [0.29, 0.717) is 12.2 Å². The summed E-state index contributed by atoms with van der Waals surface area (Å²) in [6.45, 7) is 4.06. The van der Waals surface area contributed by atoms with Crippen LogP contribution in [0.3, 0.4) is 0 Å². The third kappa shape index (κ3) is 2.67. The second-order valence-electron chi connectivity index (χ2n) is 5.78. The maximum Gasteiger partial charge on any atom is 0.338 e. The van der Waals surface area contributed by atoms with Gasteiger partial charge >= 0.3 is 5.97 Å². The van der Waals surface area contributed by atoms with Gasteiger partial charge in [-0.2, -0.15) is 11.3 Å². The number of carbonyl (C=O) groups excluding carboxylic acids is 1. The molecule has 2 aromatic heterocycles. The summed E-state index contributed by atoms with van der Waals surface area (Å²) in [6.07, 6.45) is 0. The van der Waals surface area contributed by atoms with Crippen molar-refractivity contribution in [3.63, 3.8) is 0 Å². The first-order valence-corrected chi connectivity index (χ1v) is 9.68. The van der Waals surface area contributed by atoms with Crippen molar-refractivity contribution in [3.8, 4) is 0 Å². The molecule has 4 rings (SSSR count). The molecule has 1 aromatic carbocycles. The molecule has 0 saturated carbocycles. The molecular weight excluding hydrogens is 402 g/mol. The maximum atomic E-state index is 12.7. The summed E-state index contributed by atoms with van der Waals surface area (Å²) < 4.78 is 8.37. The zero-order chi connectivity index (χ0) is 17.6. The molecule has 0 fully saturated rings. The van der Waals surface area contributed by atoms with Gasteiger partial charge in [0.25, 0.3) is 0 Å². The molecule has 0 bridgehead atoms. The predicted molar refractivity (Wildman–Crippen MR) is 103 cm³/mol. The van der Waals surface area contributed by atoms with Crippen molar-refractivity contribution < 1.29 is 9.53 Å². The molecule has 128 valence electrons. The summed E-state index contributed by atoms with van der Waals surface area (Å²) in [6, 6.07) is 7.76. The van der Waals surface area contributed by atoms with Crippen molar-refractivity contribution >= 4 is 50.2 Å². The lowest BCUT2D eigenvalue weighted by atomic mass is 9.97. The van der Waals surface area contributed by atoms with E-state index in [2.05, 4.69) is 31.2 Å². The number of aromatic nitrogens is 2. The highest BCUT2D eigenvalue weighted by atomic mass is 79.9. The number of thiophene rings is 1. The van der Waals surface area contributed by atoms with Crippen LogP contribution in [-0.4, -0.2) is 22.1 Å². The summed E-state index contributed by atoms with van der Waals surface area (Å²) >= 11 is 5.10. The largest absolute Gasteiger partial charge is 0.463 e. The Morgan fingerprint density at radius 2 is 2.28 bits per heavy atom. The average Bonchev–Trinajstić information content (AvgIpc) is 3.20. The molecule has 0 radical (unpaired) electrons. The van der Waals surface area contributed by atoms with Gasteiger partial charge in [-0.1, -0.05) is 15.9 Å². The van der Waals surface area contributed by atoms with E-state index >= 15 is 0 Å². The van der Waals surface area contributed by atoms with Gasteiger partial charge in [0.05, 0.1) is 29.3 Å². The van der Waals surface area contributed by atoms with Crippen molar-refractivity contribution in [2.75, 3.05) is 11.9 Å². The lowest BCUT2D eigenvalue weighted by Gasteiger charge is -2.29. The average molecular weight is 418 g/mol. The first kappa shape index (κ1) is 16.4. The van der Waals surface area contributed by atoms with E-state index in [1.54, 1.807) is 11.3 Å². The fraction of sp³-hybridized carbons (Fsp3) is 0.222. The Morgan fingerprint density at radius 3 is 3.00 bits per heavy atom. The predicted octanol–water partition coefficient (Wildman–Crippen LogP) is 4.71. The van der Waals surface area contributed by atoms with Crippen molar-refractivity contribution in [1.82, 2.24) is 9.55 Å². The van der Waals surface area contributed by atoms with Gasteiger partial charge in [0.1, 0.15) is 0 Å². The highest BCUT2D eigenvalue weighted by molar-refractivity contribution is 9.10. The lowest BCUT2D eigenvalue weighted by molar-refractivity contribution is -0.139. The highest BCUT2D eigenvalue weighted by Crippen LogP contribution is 2.40. The lowest BCUT2D eigenvalue weighted by Crippen LogP contribution is -2.28. The summed E-state index contributed by atoms with van der Waals surface area (Å²) in [5, 5.41) is 7.35. The van der Waals surface area contributed by atoms with Gasteiger partial charge in [-0.3, -0.25) is 4.57 Å². The molecule has 3 aromatic rings. The van der Waals surface area contributed by atoms with Gasteiger partial charge in [-0.05, 0) is 54.4 Å². The van der Waals surface area contributed by atoms with Crippen LogP contribution in [0.5, 0.6) is 0 Å². The summed E-state index contributed by atoms with van der Waals surface area (Å²) in [5.41, 5.74) is 4.29. The fourth-order valence-corrected chi connectivity index (χ4v) is 4.24. The number of imidazole rings is 1. The second-order valence-corrected chi connectivity index (χ2v) is 7.48. The van der Waals surface area contributed by atoms with Gasteiger partial charge in [0, 0.05) is 10.2 Å². The second kappa shape index (κ2) is 6.31. The molecule has 7 heteroatoms. The van der Waals surface area contributed by atoms with E-state index in [0.717, 1.165) is 32.7 Å². The Balaban J connectivity index is 1.97. The Hall–Kier alpha value is -2.12. The van der Waals surface area contributed by atoms with Crippen molar-refractivity contribution in [1.29, 1.82) is 0 Å². The zero-order valence-electron chi connectivity index (χ0n) is 13.7. The Kier molecular flexibility index (Phi) is 4.13. The molecule has 0 amide bonds. The number of benzene rings is 1. The van der Waals surface area contributed by atoms with Gasteiger partial charge in [0.15, 0.2) is 0 Å². The number of nitrogens with zero attached hydrogens (tertiary/aromatic N) is 2. The van der Waals surface area contributed by atoms with Crippen LogP contribution in [0.4, 0.5) is 5.95 Å². The number of nitrogens with one attached hydrogen (secondary N) is 1. The van der Waals surface area contributed by atoms with Gasteiger partial charge in [-0.25, -0.2) is 9.78 Å². The van der Waals surface area contributed by atoms with E-state index in [1.165, 1.54) is 0 Å². The van der Waals surface area contributed by atoms with Crippen molar-refractivity contribution in [2.45, 2.75) is 19.9 Å². The van der Waals surface area contributed by atoms with Crippen LogP contribution >= 0.6 is 27.3 Å². The molecule has 1 aliphatic heterocycles. The zero-order valence-corrected chi connectivity index (χ0v) is 16.1. The van der Waals surface area contributed by atoms with Crippen LogP contribution in [0.15, 0.2) is 50.8 Å². The number of ether oxygens (including phenoxy) is 1. The summed E-state index contributed by atoms with van der Waals surface area (Å²) in [7, 11) is 0. The SMILES string of the molecule is CCOC(=O)C1=C(C)Nc2nc3cc(Br)ccc3n2C1c1ccsc1. The molecule has 5 nitrogen and oxygen atoms in total. The van der Waals surface area contributed by atoms with Crippen LogP contribution in [0.2, 0.25) is 0 Å². The quantitative estimate of drug-likeness (QED) is 0.626. The minimum absolute atomic E-state index is 0.257. The van der Waals surface area contributed by atoms with Crippen LogP contribution in [0.1, 0.15) is 25.5 Å². The number of carbonyl (C=O) groups is 1. The number of esters is 1. The number of rotatable bonds is 3. The molecule has 1 atom stereocenters. The molecule has 0 saturated heterocycles. The van der Waals surface area contributed by atoms with E-state index in [1.807, 2.05) is 43.5 Å². The molecule has 1 aliphatic rings. The molecule has 1 unspecified atom stereocenters. The minimum atomic E-state index is -0.298. The highest BCUT2D eigenvalue weighted by Gasteiger charge is 2.35. The molecular formula is C18H16BrN3O2S. The number of allylic oxidation sites excluding steroid dienone is 1. The van der Waals surface area contributed by atoms with Gasteiger partial charge in [0.2, 0.25) is 5.95 Å². The Morgan fingerprint density at radius 1 is 1.44 bits per heavy atom. The fourth-order valence-electron chi connectivity index (χ4n) is 3.21. The number of anilines is 1. The number of halogens is 1. The molecule has 1 N–H and O–H groups in total. The van der Waals surface area contributed by atoms with Crippen molar-refractivity contribution in [2.24, 2.45) is 0 Å². The van der Waals surface area contributed by atoms with Gasteiger partial charge < -0.3 is 10.1 Å².